The van der Waals surface area contributed by atoms with E-state index in [9.17, 15) is 0 Å². The first-order valence-electron chi connectivity index (χ1n) is 7.47. The zero-order valence-electron chi connectivity index (χ0n) is 12.6. The standard InChI is InChI=1S/C15H32N2/c1-6-15(5,11-16-7-2)12-17-10-8-9-14(17)13(3)4/h13-14,16H,6-12H2,1-5H3. The highest BCUT2D eigenvalue weighted by atomic mass is 15.2. The van der Waals surface area contributed by atoms with Gasteiger partial charge in [0, 0.05) is 19.1 Å². The van der Waals surface area contributed by atoms with Crippen molar-refractivity contribution in [1.82, 2.24) is 10.2 Å². The number of likely N-dealkylation sites (tertiary alicyclic amines) is 1. The van der Waals surface area contributed by atoms with Crippen molar-refractivity contribution < 1.29 is 0 Å². The molecule has 0 spiro atoms. The molecule has 17 heavy (non-hydrogen) atoms. The Hall–Kier alpha value is -0.0800. The molecule has 0 saturated carbocycles. The summed E-state index contributed by atoms with van der Waals surface area (Å²) in [6.07, 6.45) is 4.06. The smallest absolute Gasteiger partial charge is 0.0119 e. The minimum Gasteiger partial charge on any atom is -0.316 e. The largest absolute Gasteiger partial charge is 0.316 e. The van der Waals surface area contributed by atoms with Crippen molar-refractivity contribution in [3.63, 3.8) is 0 Å². The third-order valence-electron chi connectivity index (χ3n) is 4.42. The lowest BCUT2D eigenvalue weighted by atomic mass is 9.86. The molecule has 0 aromatic rings. The van der Waals surface area contributed by atoms with Gasteiger partial charge in [-0.05, 0) is 43.7 Å². The Bertz CT molecular complexity index is 215. The first-order valence-corrected chi connectivity index (χ1v) is 7.47. The van der Waals surface area contributed by atoms with Crippen molar-refractivity contribution in [2.45, 2.75) is 59.9 Å². The van der Waals surface area contributed by atoms with E-state index < -0.39 is 0 Å². The predicted molar refractivity (Wildman–Crippen MR) is 76.4 cm³/mol. The summed E-state index contributed by atoms with van der Waals surface area (Å²) < 4.78 is 0. The second-order valence-corrected chi connectivity index (χ2v) is 6.37. The van der Waals surface area contributed by atoms with Crippen LogP contribution < -0.4 is 5.32 Å². The molecule has 0 radical (unpaired) electrons. The molecular weight excluding hydrogens is 208 g/mol. The van der Waals surface area contributed by atoms with E-state index in [1.54, 1.807) is 0 Å². The Balaban J connectivity index is 2.54. The van der Waals surface area contributed by atoms with Gasteiger partial charge in [0.15, 0.2) is 0 Å². The normalized spacial score (nSPS) is 25.4. The molecule has 0 aliphatic carbocycles. The molecular formula is C15H32N2. The van der Waals surface area contributed by atoms with E-state index in [1.165, 1.54) is 32.4 Å². The topological polar surface area (TPSA) is 15.3 Å². The number of hydrogen-bond donors (Lipinski definition) is 1. The molecule has 1 saturated heterocycles. The van der Waals surface area contributed by atoms with Crippen molar-refractivity contribution in [3.05, 3.63) is 0 Å². The highest BCUT2D eigenvalue weighted by Gasteiger charge is 2.32. The Kier molecular flexibility index (Phi) is 5.94. The van der Waals surface area contributed by atoms with Gasteiger partial charge in [-0.1, -0.05) is 34.6 Å². The molecule has 2 atom stereocenters. The van der Waals surface area contributed by atoms with Crippen LogP contribution in [-0.2, 0) is 0 Å². The van der Waals surface area contributed by atoms with Gasteiger partial charge in [0.05, 0.1) is 0 Å². The van der Waals surface area contributed by atoms with Gasteiger partial charge >= 0.3 is 0 Å². The Morgan fingerprint density at radius 2 is 2.06 bits per heavy atom. The molecule has 1 N–H and O–H groups in total. The van der Waals surface area contributed by atoms with E-state index in [0.29, 0.717) is 5.41 Å². The lowest BCUT2D eigenvalue weighted by molar-refractivity contribution is 0.123. The molecule has 1 rings (SSSR count). The van der Waals surface area contributed by atoms with Crippen LogP contribution in [0, 0.1) is 11.3 Å². The van der Waals surface area contributed by atoms with Crippen LogP contribution in [-0.4, -0.2) is 37.1 Å². The third-order valence-corrected chi connectivity index (χ3v) is 4.42. The maximum Gasteiger partial charge on any atom is 0.0119 e. The first-order chi connectivity index (χ1) is 8.02. The highest BCUT2D eigenvalue weighted by molar-refractivity contribution is 4.87. The van der Waals surface area contributed by atoms with E-state index >= 15 is 0 Å². The van der Waals surface area contributed by atoms with E-state index in [2.05, 4.69) is 44.8 Å². The van der Waals surface area contributed by atoms with Gasteiger partial charge in [-0.15, -0.1) is 0 Å². The third kappa shape index (κ3) is 4.26. The molecule has 2 nitrogen and oxygen atoms in total. The molecule has 1 heterocycles. The minimum absolute atomic E-state index is 0.438. The van der Waals surface area contributed by atoms with Crippen LogP contribution in [0.2, 0.25) is 0 Å². The minimum atomic E-state index is 0.438. The van der Waals surface area contributed by atoms with Crippen molar-refractivity contribution in [1.29, 1.82) is 0 Å². The quantitative estimate of drug-likeness (QED) is 0.735. The lowest BCUT2D eigenvalue weighted by Crippen LogP contribution is -2.45. The number of rotatable bonds is 7. The summed E-state index contributed by atoms with van der Waals surface area (Å²) in [5, 5.41) is 3.53. The number of nitrogens with zero attached hydrogens (tertiary/aromatic N) is 1. The van der Waals surface area contributed by atoms with Crippen molar-refractivity contribution in [2.75, 3.05) is 26.2 Å². The Morgan fingerprint density at radius 3 is 2.59 bits per heavy atom. The molecule has 1 fully saturated rings. The summed E-state index contributed by atoms with van der Waals surface area (Å²) in [6.45, 7) is 16.5. The van der Waals surface area contributed by atoms with Gasteiger partial charge < -0.3 is 5.32 Å². The van der Waals surface area contributed by atoms with Gasteiger partial charge in [-0.25, -0.2) is 0 Å². The molecule has 0 aromatic carbocycles. The second-order valence-electron chi connectivity index (χ2n) is 6.37. The molecule has 0 bridgehead atoms. The van der Waals surface area contributed by atoms with Crippen LogP contribution >= 0.6 is 0 Å². The Morgan fingerprint density at radius 1 is 1.35 bits per heavy atom. The summed E-state index contributed by atoms with van der Waals surface area (Å²) in [5.74, 6) is 0.803. The average molecular weight is 240 g/mol. The van der Waals surface area contributed by atoms with Crippen molar-refractivity contribution >= 4 is 0 Å². The average Bonchev–Trinajstić information content (AvgIpc) is 2.74. The van der Waals surface area contributed by atoms with Crippen LogP contribution in [0.15, 0.2) is 0 Å². The van der Waals surface area contributed by atoms with Crippen LogP contribution in [0.5, 0.6) is 0 Å². The van der Waals surface area contributed by atoms with Gasteiger partial charge in [0.1, 0.15) is 0 Å². The number of hydrogen-bond acceptors (Lipinski definition) is 2. The van der Waals surface area contributed by atoms with Crippen molar-refractivity contribution in [2.24, 2.45) is 11.3 Å². The Labute approximate surface area is 108 Å². The zero-order chi connectivity index (χ0) is 12.9. The monoisotopic (exact) mass is 240 g/mol. The fraction of sp³-hybridized carbons (Fsp3) is 1.00. The van der Waals surface area contributed by atoms with Crippen LogP contribution in [0.1, 0.15) is 53.9 Å². The molecule has 1 aliphatic rings. The molecule has 1 aliphatic heterocycles. The summed E-state index contributed by atoms with van der Waals surface area (Å²) >= 11 is 0. The van der Waals surface area contributed by atoms with E-state index in [-0.39, 0.29) is 0 Å². The van der Waals surface area contributed by atoms with Gasteiger partial charge in [0.2, 0.25) is 0 Å². The lowest BCUT2D eigenvalue weighted by Gasteiger charge is -2.37. The van der Waals surface area contributed by atoms with Gasteiger partial charge in [0.25, 0.3) is 0 Å². The first kappa shape index (κ1) is 15.0. The van der Waals surface area contributed by atoms with E-state index in [4.69, 9.17) is 0 Å². The molecule has 0 aromatic heterocycles. The van der Waals surface area contributed by atoms with Crippen molar-refractivity contribution in [3.8, 4) is 0 Å². The molecule has 2 unspecified atom stereocenters. The predicted octanol–water partition coefficient (Wildman–Crippen LogP) is 3.13. The second kappa shape index (κ2) is 6.75. The summed E-state index contributed by atoms with van der Waals surface area (Å²) in [6, 6.07) is 0.822. The maximum absolute atomic E-state index is 3.53. The SMILES string of the molecule is CCNCC(C)(CC)CN1CCCC1C(C)C. The van der Waals surface area contributed by atoms with E-state index in [0.717, 1.165) is 25.0 Å². The zero-order valence-corrected chi connectivity index (χ0v) is 12.6. The highest BCUT2D eigenvalue weighted by Crippen LogP contribution is 2.29. The van der Waals surface area contributed by atoms with Crippen LogP contribution in [0.4, 0.5) is 0 Å². The van der Waals surface area contributed by atoms with Gasteiger partial charge in [-0.3, -0.25) is 4.90 Å². The van der Waals surface area contributed by atoms with Crippen LogP contribution in [0.3, 0.4) is 0 Å². The van der Waals surface area contributed by atoms with E-state index in [1.807, 2.05) is 0 Å². The molecule has 0 amide bonds. The summed E-state index contributed by atoms with van der Waals surface area (Å²) in [4.78, 5) is 2.74. The fourth-order valence-corrected chi connectivity index (χ4v) is 3.01. The summed E-state index contributed by atoms with van der Waals surface area (Å²) in [7, 11) is 0. The fourth-order valence-electron chi connectivity index (χ4n) is 3.01. The van der Waals surface area contributed by atoms with Gasteiger partial charge in [-0.2, -0.15) is 0 Å². The molecule has 2 heteroatoms. The number of nitrogens with one attached hydrogen (secondary N) is 1. The van der Waals surface area contributed by atoms with Crippen LogP contribution in [0.25, 0.3) is 0 Å². The summed E-state index contributed by atoms with van der Waals surface area (Å²) in [5.41, 5.74) is 0.438. The molecule has 102 valence electrons. The maximum atomic E-state index is 3.53.